The molecule has 0 amide bonds. The van der Waals surface area contributed by atoms with Gasteiger partial charge in [-0.2, -0.15) is 13.2 Å². The van der Waals surface area contributed by atoms with E-state index in [9.17, 15) is 26.4 Å². The third kappa shape index (κ3) is 4.59. The molecule has 1 aromatic carbocycles. The fourth-order valence-corrected chi connectivity index (χ4v) is 3.69. The van der Waals surface area contributed by atoms with Crippen LogP contribution in [0.5, 0.6) is 5.75 Å². The molecule has 0 atom stereocenters. The summed E-state index contributed by atoms with van der Waals surface area (Å²) in [5.74, 6) is 0.640. The van der Waals surface area contributed by atoms with Crippen LogP contribution in [0.4, 0.5) is 18.9 Å². The van der Waals surface area contributed by atoms with E-state index in [2.05, 4.69) is 15.3 Å². The van der Waals surface area contributed by atoms with Crippen molar-refractivity contribution in [1.82, 2.24) is 14.5 Å². The van der Waals surface area contributed by atoms with Crippen LogP contribution in [0.25, 0.3) is 11.3 Å². The van der Waals surface area contributed by atoms with Crippen molar-refractivity contribution >= 4 is 15.5 Å². The molecule has 1 N–H and O–H groups in total. The summed E-state index contributed by atoms with van der Waals surface area (Å²) in [5.41, 5.74) is -0.339. The van der Waals surface area contributed by atoms with Crippen molar-refractivity contribution in [3.8, 4) is 17.0 Å². The van der Waals surface area contributed by atoms with Gasteiger partial charge in [-0.1, -0.05) is 6.07 Å². The molecule has 0 fully saturated rings. The summed E-state index contributed by atoms with van der Waals surface area (Å²) in [5, 5.41) is 2.24. The van der Waals surface area contributed by atoms with Gasteiger partial charge in [0.1, 0.15) is 18.1 Å². The van der Waals surface area contributed by atoms with Crippen LogP contribution in [0.15, 0.2) is 52.5 Å². The number of hydrogen-bond acceptors (Lipinski definition) is 7. The van der Waals surface area contributed by atoms with Crippen LogP contribution in [-0.4, -0.2) is 42.4 Å². The molecule has 0 spiro atoms. The zero-order chi connectivity index (χ0) is 23.1. The second kappa shape index (κ2) is 7.93. The predicted octanol–water partition coefficient (Wildman–Crippen LogP) is 2.58. The van der Waals surface area contributed by atoms with Gasteiger partial charge >= 0.3 is 6.18 Å². The Balaban J connectivity index is 1.75. The van der Waals surface area contributed by atoms with Crippen LogP contribution in [0.1, 0.15) is 11.3 Å². The molecule has 0 radical (unpaired) electrons. The third-order valence-corrected chi connectivity index (χ3v) is 5.53. The van der Waals surface area contributed by atoms with E-state index < -0.39 is 26.9 Å². The molecule has 3 aromatic rings. The van der Waals surface area contributed by atoms with Gasteiger partial charge in [0, 0.05) is 30.6 Å². The maximum atomic E-state index is 13.3. The summed E-state index contributed by atoms with van der Waals surface area (Å²) < 4.78 is 70.3. The van der Waals surface area contributed by atoms with Crippen molar-refractivity contribution in [1.29, 1.82) is 0 Å². The number of nitrogens with one attached hydrogen (secondary N) is 1. The van der Waals surface area contributed by atoms with Gasteiger partial charge < -0.3 is 14.6 Å². The number of sulfone groups is 1. The quantitative estimate of drug-likeness (QED) is 0.590. The van der Waals surface area contributed by atoms with E-state index in [0.29, 0.717) is 25.0 Å². The predicted molar refractivity (Wildman–Crippen MR) is 109 cm³/mol. The fraction of sp³-hybridized carbons (Fsp3) is 0.250. The van der Waals surface area contributed by atoms with E-state index in [1.54, 1.807) is 12.1 Å². The van der Waals surface area contributed by atoms with Crippen molar-refractivity contribution in [2.24, 2.45) is 0 Å². The Morgan fingerprint density at radius 3 is 2.66 bits per heavy atom. The molecule has 2 aromatic heterocycles. The number of hydrogen-bond donors (Lipinski definition) is 1. The van der Waals surface area contributed by atoms with Crippen molar-refractivity contribution < 1.29 is 26.3 Å². The number of benzene rings is 1. The highest BCUT2D eigenvalue weighted by Gasteiger charge is 2.35. The Labute approximate surface area is 180 Å². The van der Waals surface area contributed by atoms with E-state index in [1.165, 1.54) is 22.9 Å². The van der Waals surface area contributed by atoms with Crippen LogP contribution in [0.3, 0.4) is 0 Å². The molecule has 0 bridgehead atoms. The topological polar surface area (TPSA) is 103 Å². The Hall–Kier alpha value is -3.41. The van der Waals surface area contributed by atoms with Crippen molar-refractivity contribution in [3.05, 3.63) is 64.2 Å². The van der Waals surface area contributed by atoms with E-state index in [4.69, 9.17) is 4.74 Å². The van der Waals surface area contributed by atoms with Crippen LogP contribution < -0.4 is 15.6 Å². The molecule has 1 aliphatic rings. The Morgan fingerprint density at radius 2 is 1.94 bits per heavy atom. The van der Waals surface area contributed by atoms with Gasteiger partial charge in [-0.15, -0.1) is 0 Å². The molecule has 0 aliphatic carbocycles. The minimum atomic E-state index is -4.87. The van der Waals surface area contributed by atoms with E-state index in [0.717, 1.165) is 17.5 Å². The highest BCUT2D eigenvalue weighted by atomic mass is 32.2. The van der Waals surface area contributed by atoms with Crippen molar-refractivity contribution in [2.75, 3.05) is 24.7 Å². The first-order chi connectivity index (χ1) is 15.0. The number of pyridine rings is 1. The molecule has 4 rings (SSSR count). The van der Waals surface area contributed by atoms with E-state index in [-0.39, 0.29) is 23.4 Å². The fourth-order valence-electron chi connectivity index (χ4n) is 3.16. The minimum absolute atomic E-state index is 0.124. The van der Waals surface area contributed by atoms with Gasteiger partial charge in [-0.25, -0.2) is 18.4 Å². The first kappa shape index (κ1) is 21.8. The van der Waals surface area contributed by atoms with Gasteiger partial charge in [0.15, 0.2) is 0 Å². The molecule has 1 aliphatic heterocycles. The summed E-state index contributed by atoms with van der Waals surface area (Å²) in [6.07, 6.45) is -2.82. The third-order valence-electron chi connectivity index (χ3n) is 4.68. The number of halogens is 3. The maximum Gasteiger partial charge on any atom is 0.433 e. The number of fused-ring (bicyclic) bond motifs is 1. The Morgan fingerprint density at radius 1 is 1.16 bits per heavy atom. The first-order valence-electron chi connectivity index (χ1n) is 9.37. The highest BCUT2D eigenvalue weighted by Crippen LogP contribution is 2.31. The summed E-state index contributed by atoms with van der Waals surface area (Å²) in [7, 11) is -4.10. The van der Waals surface area contributed by atoms with E-state index in [1.807, 2.05) is 6.07 Å². The molecule has 3 heterocycles. The normalized spacial score (nSPS) is 13.8. The summed E-state index contributed by atoms with van der Waals surface area (Å²) in [6.45, 7) is 1.31. The van der Waals surface area contributed by atoms with Crippen LogP contribution in [-0.2, 0) is 22.6 Å². The Kier molecular flexibility index (Phi) is 5.41. The molecule has 168 valence electrons. The average Bonchev–Trinajstić information content (AvgIpc) is 2.73. The Bertz CT molecular complexity index is 1350. The molecule has 0 saturated carbocycles. The molecular weight excluding hydrogens is 449 g/mol. The molecule has 0 saturated heterocycles. The maximum absolute atomic E-state index is 13.3. The zero-order valence-corrected chi connectivity index (χ0v) is 17.5. The average molecular weight is 466 g/mol. The largest absolute Gasteiger partial charge is 0.490 e. The first-order valence-corrected chi connectivity index (χ1v) is 11.3. The lowest BCUT2D eigenvalue weighted by atomic mass is 10.1. The lowest BCUT2D eigenvalue weighted by molar-refractivity contribution is -0.141. The number of aromatic nitrogens is 3. The number of anilines is 1. The summed E-state index contributed by atoms with van der Waals surface area (Å²) in [6, 6.07) is 8.51. The van der Waals surface area contributed by atoms with Crippen molar-refractivity contribution in [3.63, 3.8) is 0 Å². The lowest BCUT2D eigenvalue weighted by Gasteiger charge is -2.20. The second-order valence-electron chi connectivity index (χ2n) is 7.18. The molecular formula is C20H17F3N4O4S. The molecule has 32 heavy (non-hydrogen) atoms. The van der Waals surface area contributed by atoms with Gasteiger partial charge in [0.25, 0.3) is 5.56 Å². The van der Waals surface area contributed by atoms with Crippen LogP contribution >= 0.6 is 0 Å². The van der Waals surface area contributed by atoms with Crippen LogP contribution in [0.2, 0.25) is 0 Å². The van der Waals surface area contributed by atoms with Crippen molar-refractivity contribution in [2.45, 2.75) is 17.9 Å². The zero-order valence-electron chi connectivity index (χ0n) is 16.7. The van der Waals surface area contributed by atoms with Crippen LogP contribution in [0, 0.1) is 0 Å². The highest BCUT2D eigenvalue weighted by molar-refractivity contribution is 7.90. The standard InChI is InChI=1S/C20H17F3N4O4S/c1-32(29,30)19-25-15(9-17(26-19)20(21,22)23)13-3-5-18(28)27(11-13)10-12-2-4-14-16(8-12)31-7-6-24-14/h2-5,8-9,11,24H,6-7,10H2,1H3. The summed E-state index contributed by atoms with van der Waals surface area (Å²) >= 11 is 0. The van der Waals surface area contributed by atoms with E-state index >= 15 is 0 Å². The van der Waals surface area contributed by atoms with Gasteiger partial charge in [-0.05, 0) is 29.8 Å². The van der Waals surface area contributed by atoms with Gasteiger partial charge in [-0.3, -0.25) is 4.79 Å². The minimum Gasteiger partial charge on any atom is -0.490 e. The molecule has 12 heteroatoms. The number of rotatable bonds is 4. The van der Waals surface area contributed by atoms with Gasteiger partial charge in [0.05, 0.1) is 17.9 Å². The smallest absolute Gasteiger partial charge is 0.433 e. The number of alkyl halides is 3. The number of nitrogens with zero attached hydrogens (tertiary/aromatic N) is 3. The summed E-state index contributed by atoms with van der Waals surface area (Å²) in [4.78, 5) is 19.3. The number of ether oxygens (including phenoxy) is 1. The monoisotopic (exact) mass is 466 g/mol. The SMILES string of the molecule is CS(=O)(=O)c1nc(-c2ccc(=O)n(Cc3ccc4c(c3)OCCN4)c2)cc(C(F)(F)F)n1. The lowest BCUT2D eigenvalue weighted by Crippen LogP contribution is -2.21. The molecule has 0 unspecified atom stereocenters. The van der Waals surface area contributed by atoms with Gasteiger partial charge in [0.2, 0.25) is 15.0 Å². The molecule has 8 nitrogen and oxygen atoms in total. The second-order valence-corrected chi connectivity index (χ2v) is 9.09.